The maximum absolute atomic E-state index is 5.55. The van der Waals surface area contributed by atoms with Crippen LogP contribution in [0.1, 0.15) is 5.56 Å². The Labute approximate surface area is 190 Å². The van der Waals surface area contributed by atoms with Crippen LogP contribution in [-0.4, -0.2) is 52.1 Å². The molecule has 33 heavy (non-hydrogen) atoms. The summed E-state index contributed by atoms with van der Waals surface area (Å²) in [4.78, 5) is 10.3. The Bertz CT molecular complexity index is 1430. The molecule has 0 bridgehead atoms. The van der Waals surface area contributed by atoms with Crippen molar-refractivity contribution >= 4 is 34.4 Å². The van der Waals surface area contributed by atoms with Crippen LogP contribution in [0.15, 0.2) is 78.0 Å². The molecule has 0 saturated carbocycles. The van der Waals surface area contributed by atoms with E-state index in [0.717, 1.165) is 52.3 Å². The lowest BCUT2D eigenvalue weighted by Crippen LogP contribution is -2.37. The molecule has 8 nitrogen and oxygen atoms in total. The highest BCUT2D eigenvalue weighted by molar-refractivity contribution is 5.97. The van der Waals surface area contributed by atoms with Gasteiger partial charge in [0.25, 0.3) is 0 Å². The van der Waals surface area contributed by atoms with E-state index >= 15 is 0 Å². The van der Waals surface area contributed by atoms with Gasteiger partial charge in [-0.15, -0.1) is 0 Å². The van der Waals surface area contributed by atoms with Crippen molar-refractivity contribution in [2.24, 2.45) is 5.10 Å². The number of hydrazone groups is 1. The van der Waals surface area contributed by atoms with Gasteiger partial charge in [0.1, 0.15) is 5.82 Å². The lowest BCUT2D eigenvalue weighted by Gasteiger charge is -2.29. The van der Waals surface area contributed by atoms with Crippen molar-refractivity contribution in [1.82, 2.24) is 19.6 Å². The minimum Gasteiger partial charge on any atom is -0.378 e. The minimum absolute atomic E-state index is 0.665. The summed E-state index contributed by atoms with van der Waals surface area (Å²) in [6, 6.07) is 22.3. The molecule has 4 heterocycles. The largest absolute Gasteiger partial charge is 0.378 e. The number of aromatic nitrogens is 4. The maximum Gasteiger partial charge on any atom is 0.160 e. The molecule has 0 radical (unpaired) electrons. The third-order valence-electron chi connectivity index (χ3n) is 5.82. The fourth-order valence-electron chi connectivity index (χ4n) is 4.17. The Hall–Kier alpha value is -4.17. The third-order valence-corrected chi connectivity index (χ3v) is 5.82. The topological polar surface area (TPSA) is 82.8 Å². The van der Waals surface area contributed by atoms with Gasteiger partial charge < -0.3 is 14.6 Å². The van der Waals surface area contributed by atoms with Gasteiger partial charge in [-0.1, -0.05) is 48.5 Å². The van der Waals surface area contributed by atoms with Crippen LogP contribution in [0, 0.1) is 0 Å². The zero-order chi connectivity index (χ0) is 22.0. The summed E-state index contributed by atoms with van der Waals surface area (Å²) in [6.45, 7) is 2.99. The number of fused-ring (bicyclic) bond motifs is 2. The third kappa shape index (κ3) is 3.81. The second-order valence-electron chi connectivity index (χ2n) is 7.92. The molecule has 8 heteroatoms. The highest BCUT2D eigenvalue weighted by Gasteiger charge is 2.18. The SMILES string of the molecule is C(=N\Nc1cc(N2CCOCC2)n2nc(-c3ccccc3)cc2n1)/c1cccc2cc[nH]c12. The average molecular weight is 438 g/mol. The molecular formula is C25H23N7O. The first-order valence-corrected chi connectivity index (χ1v) is 11.0. The molecule has 0 atom stereocenters. The fourth-order valence-corrected chi connectivity index (χ4v) is 4.17. The average Bonchev–Trinajstić information content (AvgIpc) is 3.52. The van der Waals surface area contributed by atoms with E-state index in [-0.39, 0.29) is 0 Å². The van der Waals surface area contributed by atoms with Crippen LogP contribution in [0.4, 0.5) is 11.6 Å². The van der Waals surface area contributed by atoms with Gasteiger partial charge >= 0.3 is 0 Å². The molecule has 2 aromatic carbocycles. The number of benzene rings is 2. The maximum atomic E-state index is 5.55. The van der Waals surface area contributed by atoms with Crippen LogP contribution >= 0.6 is 0 Å². The van der Waals surface area contributed by atoms with Gasteiger partial charge in [-0.3, -0.25) is 5.43 Å². The Balaban J connectivity index is 1.36. The second kappa shape index (κ2) is 8.40. The number of rotatable bonds is 5. The van der Waals surface area contributed by atoms with Gasteiger partial charge in [0.15, 0.2) is 11.5 Å². The van der Waals surface area contributed by atoms with E-state index in [0.29, 0.717) is 19.0 Å². The molecule has 0 amide bonds. The lowest BCUT2D eigenvalue weighted by molar-refractivity contribution is 0.122. The van der Waals surface area contributed by atoms with Crippen LogP contribution < -0.4 is 10.3 Å². The molecule has 1 aliphatic heterocycles. The first-order chi connectivity index (χ1) is 16.3. The van der Waals surface area contributed by atoms with Gasteiger partial charge in [-0.2, -0.15) is 14.7 Å². The number of nitrogens with one attached hydrogen (secondary N) is 2. The number of hydrogen-bond acceptors (Lipinski definition) is 6. The van der Waals surface area contributed by atoms with E-state index in [4.69, 9.17) is 14.8 Å². The van der Waals surface area contributed by atoms with Crippen LogP contribution in [-0.2, 0) is 4.74 Å². The van der Waals surface area contributed by atoms with Crippen LogP contribution in [0.2, 0.25) is 0 Å². The molecule has 5 aromatic rings. The van der Waals surface area contributed by atoms with Gasteiger partial charge in [0.2, 0.25) is 0 Å². The quantitative estimate of drug-likeness (QED) is 0.319. The molecule has 2 N–H and O–H groups in total. The number of anilines is 2. The Morgan fingerprint density at radius 3 is 2.76 bits per heavy atom. The van der Waals surface area contributed by atoms with Crippen molar-refractivity contribution in [2.45, 2.75) is 0 Å². The van der Waals surface area contributed by atoms with Crippen LogP contribution in [0.25, 0.3) is 27.8 Å². The molecule has 1 saturated heterocycles. The lowest BCUT2D eigenvalue weighted by atomic mass is 10.2. The molecule has 164 valence electrons. The van der Waals surface area contributed by atoms with E-state index in [2.05, 4.69) is 38.6 Å². The van der Waals surface area contributed by atoms with E-state index in [1.807, 2.05) is 65.5 Å². The summed E-state index contributed by atoms with van der Waals surface area (Å²) in [5.41, 5.74) is 7.89. The highest BCUT2D eigenvalue weighted by atomic mass is 16.5. The van der Waals surface area contributed by atoms with Crippen molar-refractivity contribution in [3.63, 3.8) is 0 Å². The van der Waals surface area contributed by atoms with Gasteiger partial charge in [-0.25, -0.2) is 4.98 Å². The number of nitrogens with zero attached hydrogens (tertiary/aromatic N) is 5. The summed E-state index contributed by atoms with van der Waals surface area (Å²) >= 11 is 0. The van der Waals surface area contributed by atoms with E-state index in [1.165, 1.54) is 0 Å². The number of hydrogen-bond donors (Lipinski definition) is 2. The van der Waals surface area contributed by atoms with E-state index in [1.54, 1.807) is 0 Å². The van der Waals surface area contributed by atoms with E-state index in [9.17, 15) is 0 Å². The number of para-hydroxylation sites is 1. The first kappa shape index (κ1) is 19.5. The van der Waals surface area contributed by atoms with Crippen molar-refractivity contribution in [3.05, 3.63) is 78.5 Å². The van der Waals surface area contributed by atoms with Gasteiger partial charge in [0.05, 0.1) is 30.6 Å². The summed E-state index contributed by atoms with van der Waals surface area (Å²) < 4.78 is 7.46. The molecule has 0 spiro atoms. The first-order valence-electron chi connectivity index (χ1n) is 11.0. The van der Waals surface area contributed by atoms with Crippen molar-refractivity contribution in [1.29, 1.82) is 0 Å². The fraction of sp³-hybridized carbons (Fsp3) is 0.160. The molecule has 0 aliphatic carbocycles. The van der Waals surface area contributed by atoms with Crippen molar-refractivity contribution < 1.29 is 4.74 Å². The zero-order valence-corrected chi connectivity index (χ0v) is 18.0. The molecule has 1 fully saturated rings. The zero-order valence-electron chi connectivity index (χ0n) is 18.0. The Morgan fingerprint density at radius 1 is 1.00 bits per heavy atom. The normalized spacial score (nSPS) is 14.5. The monoisotopic (exact) mass is 437 g/mol. The smallest absolute Gasteiger partial charge is 0.160 e. The second-order valence-corrected chi connectivity index (χ2v) is 7.92. The molecule has 6 rings (SSSR count). The highest BCUT2D eigenvalue weighted by Crippen LogP contribution is 2.26. The summed E-state index contributed by atoms with van der Waals surface area (Å²) in [7, 11) is 0. The molecule has 0 unspecified atom stereocenters. The van der Waals surface area contributed by atoms with Crippen molar-refractivity contribution in [2.75, 3.05) is 36.6 Å². The predicted molar refractivity (Wildman–Crippen MR) is 131 cm³/mol. The van der Waals surface area contributed by atoms with Gasteiger partial charge in [-0.05, 0) is 6.07 Å². The van der Waals surface area contributed by atoms with Crippen LogP contribution in [0.5, 0.6) is 0 Å². The summed E-state index contributed by atoms with van der Waals surface area (Å²) in [5.74, 6) is 1.63. The Kier molecular flexibility index (Phi) is 4.97. The number of ether oxygens (including phenoxy) is 1. The predicted octanol–water partition coefficient (Wildman–Crippen LogP) is 4.16. The van der Waals surface area contributed by atoms with Gasteiger partial charge in [0, 0.05) is 47.9 Å². The minimum atomic E-state index is 0.665. The summed E-state index contributed by atoms with van der Waals surface area (Å²) in [5, 5.41) is 10.5. The van der Waals surface area contributed by atoms with Crippen molar-refractivity contribution in [3.8, 4) is 11.3 Å². The number of aromatic amines is 1. The molecular weight excluding hydrogens is 414 g/mol. The molecule has 3 aromatic heterocycles. The number of H-pyrrole nitrogens is 1. The number of morpholine rings is 1. The van der Waals surface area contributed by atoms with Crippen LogP contribution in [0.3, 0.4) is 0 Å². The Morgan fingerprint density at radius 2 is 1.88 bits per heavy atom. The molecule has 1 aliphatic rings. The van der Waals surface area contributed by atoms with E-state index < -0.39 is 0 Å². The summed E-state index contributed by atoms with van der Waals surface area (Å²) in [6.07, 6.45) is 3.74. The standard InChI is InChI=1S/C25H23N7O/c1-2-5-18(6-3-1)21-15-23-28-22(16-24(32(23)30-21)31-11-13-33-14-12-31)29-27-17-20-8-4-7-19-9-10-26-25(19)20/h1-10,15-17,26H,11-14H2,(H,28,29)/b27-17+.